The zero-order chi connectivity index (χ0) is 21.8. The predicted octanol–water partition coefficient (Wildman–Crippen LogP) is 8.26. The molecular weight excluding hydrogens is 480 g/mol. The van der Waals surface area contributed by atoms with Gasteiger partial charge in [0.25, 0.3) is 0 Å². The van der Waals surface area contributed by atoms with Gasteiger partial charge in [0, 0.05) is 0 Å². The van der Waals surface area contributed by atoms with Crippen LogP contribution in [0.1, 0.15) is 50.8 Å². The minimum absolute atomic E-state index is 0. The molecule has 3 aromatic carbocycles. The van der Waals surface area contributed by atoms with E-state index in [1.807, 2.05) is 0 Å². The molecule has 0 N–H and O–H groups in total. The van der Waals surface area contributed by atoms with Gasteiger partial charge in [-0.25, -0.2) is 5.57 Å². The maximum atomic E-state index is 3.36. The Balaban J connectivity index is 0.000000339. The van der Waals surface area contributed by atoms with Crippen molar-refractivity contribution in [3.63, 3.8) is 0 Å². The standard InChI is InChI=1S/C19H17.C9H13.2CH3.Si.Zr/c1-13-10-17-11-15-8-5-9-16(15)12-18(17)19(13)14-6-3-2-4-7-14;1-6-5-7(2)9(4)8(6)3;;;;/h2-4,6-7,10-12H,5,8-9H2,1H3;6H,1-4H3;2*1H3;;/q4*-1;;. The Morgan fingerprint density at radius 2 is 1.53 bits per heavy atom. The summed E-state index contributed by atoms with van der Waals surface area (Å²) in [4.78, 5) is 0. The van der Waals surface area contributed by atoms with Crippen LogP contribution in [0, 0.1) is 33.8 Å². The Kier molecular flexibility index (Phi) is 11.4. The Morgan fingerprint density at radius 1 is 0.938 bits per heavy atom. The van der Waals surface area contributed by atoms with Gasteiger partial charge in [-0.2, -0.15) is 11.1 Å². The summed E-state index contributed by atoms with van der Waals surface area (Å²) in [5, 5.41) is 2.85. The normalized spacial score (nSPS) is 16.0. The van der Waals surface area contributed by atoms with Crippen LogP contribution in [0.3, 0.4) is 0 Å². The number of benzene rings is 2. The number of allylic oxidation sites excluding steroid dienone is 4. The molecular formula is C30H36SiZr-4. The van der Waals surface area contributed by atoms with Gasteiger partial charge in [0.05, 0.1) is 0 Å². The first-order valence-corrected chi connectivity index (χ1v) is 14.9. The molecule has 2 heteroatoms. The van der Waals surface area contributed by atoms with Gasteiger partial charge >= 0.3 is 30.2 Å². The first kappa shape index (κ1) is 28.7. The van der Waals surface area contributed by atoms with Gasteiger partial charge in [-0.15, -0.1) is 47.0 Å². The van der Waals surface area contributed by atoms with Crippen LogP contribution in [0.15, 0.2) is 65.3 Å². The molecule has 0 saturated carbocycles. The molecule has 0 spiro atoms. The molecule has 0 nitrogen and oxygen atoms in total. The molecule has 1 atom stereocenters. The fourth-order valence-electron chi connectivity index (χ4n) is 4.65. The van der Waals surface area contributed by atoms with Gasteiger partial charge in [0.15, 0.2) is 0 Å². The molecule has 0 aliphatic heterocycles. The fraction of sp³-hybridized carbons (Fsp3) is 0.300. The van der Waals surface area contributed by atoms with Crippen LogP contribution in [0.4, 0.5) is 0 Å². The molecule has 0 saturated heterocycles. The van der Waals surface area contributed by atoms with Crippen LogP contribution in [0.25, 0.3) is 21.9 Å². The summed E-state index contributed by atoms with van der Waals surface area (Å²) in [5.41, 5.74) is 11.5. The van der Waals surface area contributed by atoms with Crippen LogP contribution < -0.4 is 0 Å². The Labute approximate surface area is 213 Å². The van der Waals surface area contributed by atoms with E-state index in [-0.39, 0.29) is 14.9 Å². The van der Waals surface area contributed by atoms with Crippen LogP contribution in [-0.4, -0.2) is 6.88 Å². The van der Waals surface area contributed by atoms with E-state index in [0.717, 1.165) is 0 Å². The van der Waals surface area contributed by atoms with E-state index in [2.05, 4.69) is 96.1 Å². The van der Waals surface area contributed by atoms with E-state index < -0.39 is 0 Å². The Hall–Kier alpha value is -1.37. The van der Waals surface area contributed by atoms with Gasteiger partial charge in [0.2, 0.25) is 0 Å². The molecule has 0 fully saturated rings. The number of rotatable bonds is 1. The van der Waals surface area contributed by atoms with Gasteiger partial charge in [0.1, 0.15) is 0 Å². The van der Waals surface area contributed by atoms with E-state index in [1.54, 1.807) is 11.1 Å². The quantitative estimate of drug-likeness (QED) is 0.226. The summed E-state index contributed by atoms with van der Waals surface area (Å²) < 4.78 is 0. The van der Waals surface area contributed by atoms with Crippen molar-refractivity contribution in [1.29, 1.82) is 0 Å². The molecule has 0 heterocycles. The molecule has 168 valence electrons. The van der Waals surface area contributed by atoms with Crippen molar-refractivity contribution < 1.29 is 23.3 Å². The SMILES string of the molecule is CC1=[C-]C(C)C(C)=C1C.Cc1[cH-]c2cc3c(cc2c1-c1ccccc1)CCC3.[CH3-].[CH3-].[Si]=[Zr]. The average Bonchev–Trinajstić information content (AvgIpc) is 3.41. The number of fused-ring (bicyclic) bond motifs is 2. The monoisotopic (exact) mass is 514 g/mol. The van der Waals surface area contributed by atoms with Crippen molar-refractivity contribution in [2.45, 2.75) is 53.9 Å². The van der Waals surface area contributed by atoms with Crippen molar-refractivity contribution in [1.82, 2.24) is 0 Å². The number of hydrogen-bond acceptors (Lipinski definition) is 0. The molecule has 5 rings (SSSR count). The molecule has 0 bridgehead atoms. The van der Waals surface area contributed by atoms with Crippen LogP contribution in [0.2, 0.25) is 0 Å². The van der Waals surface area contributed by atoms with Crippen LogP contribution in [-0.2, 0) is 36.2 Å². The average molecular weight is 516 g/mol. The topological polar surface area (TPSA) is 0 Å². The van der Waals surface area contributed by atoms with Crippen LogP contribution in [0.5, 0.6) is 0 Å². The zero-order valence-corrected chi connectivity index (χ0v) is 24.3. The molecule has 3 aromatic rings. The summed E-state index contributed by atoms with van der Waals surface area (Å²) in [6, 6.07) is 18.0. The molecule has 2 aliphatic carbocycles. The second-order valence-electron chi connectivity index (χ2n) is 8.43. The number of hydrogen-bond donors (Lipinski definition) is 0. The Morgan fingerprint density at radius 3 is 2.03 bits per heavy atom. The number of aryl methyl sites for hydroxylation is 3. The second-order valence-corrected chi connectivity index (χ2v) is 8.43. The van der Waals surface area contributed by atoms with Crippen molar-refractivity contribution in [3.8, 4) is 11.1 Å². The summed E-state index contributed by atoms with van der Waals surface area (Å²) in [6.07, 6.45) is 7.19. The summed E-state index contributed by atoms with van der Waals surface area (Å²) >= 11 is 1.36. The van der Waals surface area contributed by atoms with Crippen molar-refractivity contribution >= 4 is 17.7 Å². The third kappa shape index (κ3) is 5.95. The van der Waals surface area contributed by atoms with E-state index in [4.69, 9.17) is 0 Å². The minimum atomic E-state index is 0. The maximum absolute atomic E-state index is 3.36. The molecule has 32 heavy (non-hydrogen) atoms. The third-order valence-corrected chi connectivity index (χ3v) is 6.60. The van der Waals surface area contributed by atoms with Gasteiger partial charge in [-0.1, -0.05) is 80.6 Å². The van der Waals surface area contributed by atoms with E-state index >= 15 is 0 Å². The van der Waals surface area contributed by atoms with Crippen molar-refractivity contribution in [3.05, 3.63) is 103 Å². The summed E-state index contributed by atoms with van der Waals surface area (Å²) in [5.74, 6) is 0.560. The zero-order valence-electron chi connectivity index (χ0n) is 20.8. The predicted molar refractivity (Wildman–Crippen MR) is 140 cm³/mol. The first-order valence-electron chi connectivity index (χ1n) is 10.8. The fourth-order valence-corrected chi connectivity index (χ4v) is 4.65. The van der Waals surface area contributed by atoms with E-state index in [1.165, 1.54) is 86.8 Å². The second kappa shape index (κ2) is 12.8. The van der Waals surface area contributed by atoms with E-state index in [9.17, 15) is 0 Å². The molecule has 0 amide bonds. The van der Waals surface area contributed by atoms with Crippen LogP contribution >= 0.6 is 0 Å². The summed E-state index contributed by atoms with van der Waals surface area (Å²) in [7, 11) is 0. The van der Waals surface area contributed by atoms with Gasteiger partial charge in [-0.05, 0) is 19.3 Å². The van der Waals surface area contributed by atoms with Gasteiger partial charge in [-0.3, -0.25) is 6.08 Å². The molecule has 2 radical (unpaired) electrons. The molecule has 2 aliphatic rings. The van der Waals surface area contributed by atoms with Gasteiger partial charge < -0.3 is 14.9 Å². The van der Waals surface area contributed by atoms with E-state index in [0.29, 0.717) is 5.92 Å². The summed E-state index contributed by atoms with van der Waals surface area (Å²) in [6.45, 7) is 14.0. The van der Waals surface area contributed by atoms with Crippen molar-refractivity contribution in [2.24, 2.45) is 5.92 Å². The molecule has 0 aromatic heterocycles. The first-order chi connectivity index (χ1) is 14.5. The Bertz CT molecular complexity index is 1100. The third-order valence-electron chi connectivity index (χ3n) is 6.60. The van der Waals surface area contributed by atoms with Crippen molar-refractivity contribution in [2.75, 3.05) is 0 Å². The molecule has 1 unspecified atom stereocenters.